The van der Waals surface area contributed by atoms with E-state index in [1.165, 1.54) is 5.56 Å². The molecule has 2 heterocycles. The summed E-state index contributed by atoms with van der Waals surface area (Å²) >= 11 is 0. The largest absolute Gasteiger partial charge is 0.497 e. The molecule has 1 fully saturated rings. The summed E-state index contributed by atoms with van der Waals surface area (Å²) in [5.41, 5.74) is 2.25. The van der Waals surface area contributed by atoms with Gasteiger partial charge in [0.25, 0.3) is 0 Å². The van der Waals surface area contributed by atoms with Crippen LogP contribution in [0.1, 0.15) is 30.1 Å². The number of hydrogen-bond donors (Lipinski definition) is 1. The zero-order valence-electron chi connectivity index (χ0n) is 16.5. The maximum Gasteiger partial charge on any atom is 0.161 e. The third-order valence-electron chi connectivity index (χ3n) is 6.42. The highest BCUT2D eigenvalue weighted by Gasteiger charge is 2.39. The molecule has 2 atom stereocenters. The van der Waals surface area contributed by atoms with E-state index in [9.17, 15) is 5.11 Å². The van der Waals surface area contributed by atoms with E-state index in [-0.39, 0.29) is 6.04 Å². The third-order valence-corrected chi connectivity index (χ3v) is 6.42. The molecule has 2 aliphatic rings. The van der Waals surface area contributed by atoms with E-state index in [2.05, 4.69) is 23.1 Å². The van der Waals surface area contributed by atoms with Gasteiger partial charge in [-0.05, 0) is 76.3 Å². The van der Waals surface area contributed by atoms with Gasteiger partial charge in [-0.2, -0.15) is 0 Å². The van der Waals surface area contributed by atoms with Crippen LogP contribution in [0.5, 0.6) is 17.2 Å². The topological polar surface area (TPSA) is 51.2 Å². The molecule has 0 aromatic heterocycles. The minimum Gasteiger partial charge on any atom is -0.497 e. The van der Waals surface area contributed by atoms with Crippen molar-refractivity contribution < 1.29 is 19.3 Å². The Kier molecular flexibility index (Phi) is 4.11. The molecule has 5 nitrogen and oxygen atoms in total. The first-order valence-electron chi connectivity index (χ1n) is 9.76. The zero-order valence-corrected chi connectivity index (χ0v) is 16.5. The molecule has 2 aliphatic heterocycles. The van der Waals surface area contributed by atoms with Crippen LogP contribution in [0.2, 0.25) is 0 Å². The van der Waals surface area contributed by atoms with Gasteiger partial charge < -0.3 is 19.3 Å². The fourth-order valence-corrected chi connectivity index (χ4v) is 5.08. The number of rotatable bonds is 3. The van der Waals surface area contributed by atoms with Crippen LogP contribution in [0.15, 0.2) is 30.3 Å². The summed E-state index contributed by atoms with van der Waals surface area (Å²) in [4.78, 5) is 2.42. The van der Waals surface area contributed by atoms with E-state index in [1.54, 1.807) is 21.3 Å². The Hall–Kier alpha value is -2.50. The van der Waals surface area contributed by atoms with Gasteiger partial charge in [-0.25, -0.2) is 0 Å². The summed E-state index contributed by atoms with van der Waals surface area (Å²) in [5, 5.41) is 15.7. The zero-order chi connectivity index (χ0) is 19.4. The second kappa shape index (κ2) is 6.54. The monoisotopic (exact) mass is 379 g/mol. The second-order valence-electron chi connectivity index (χ2n) is 7.68. The van der Waals surface area contributed by atoms with Gasteiger partial charge in [-0.3, -0.25) is 4.90 Å². The van der Waals surface area contributed by atoms with Crippen LogP contribution in [0, 0.1) is 0 Å². The maximum absolute atomic E-state index is 11.3. The van der Waals surface area contributed by atoms with Crippen molar-refractivity contribution in [1.29, 1.82) is 0 Å². The highest BCUT2D eigenvalue weighted by molar-refractivity contribution is 6.12. The lowest BCUT2D eigenvalue weighted by Gasteiger charge is -2.37. The summed E-state index contributed by atoms with van der Waals surface area (Å²) in [6.07, 6.45) is 1.69. The minimum absolute atomic E-state index is 0.204. The first-order valence-corrected chi connectivity index (χ1v) is 9.76. The molecule has 5 rings (SSSR count). The molecular weight excluding hydrogens is 354 g/mol. The number of nitrogens with zero attached hydrogens (tertiary/aromatic N) is 1. The normalized spacial score (nSPS) is 21.6. The lowest BCUT2D eigenvalue weighted by atomic mass is 9.83. The summed E-state index contributed by atoms with van der Waals surface area (Å²) in [6, 6.07) is 10.4. The average Bonchev–Trinajstić information content (AvgIpc) is 3.21. The highest BCUT2D eigenvalue weighted by atomic mass is 16.5. The summed E-state index contributed by atoms with van der Waals surface area (Å²) in [6.45, 7) is 1.89. The van der Waals surface area contributed by atoms with Crippen LogP contribution in [0.25, 0.3) is 21.5 Å². The van der Waals surface area contributed by atoms with E-state index in [0.29, 0.717) is 11.5 Å². The van der Waals surface area contributed by atoms with E-state index in [1.807, 2.05) is 12.1 Å². The lowest BCUT2D eigenvalue weighted by Crippen LogP contribution is -2.39. The summed E-state index contributed by atoms with van der Waals surface area (Å²) in [7, 11) is 4.99. The van der Waals surface area contributed by atoms with Gasteiger partial charge in [0.1, 0.15) is 5.75 Å². The Morgan fingerprint density at radius 3 is 2.32 bits per heavy atom. The first kappa shape index (κ1) is 17.6. The van der Waals surface area contributed by atoms with Gasteiger partial charge in [0.15, 0.2) is 11.5 Å². The number of ether oxygens (including phenoxy) is 3. The number of methoxy groups -OCH3 is 3. The number of aliphatic hydroxyl groups excluding tert-OH is 1. The highest BCUT2D eigenvalue weighted by Crippen LogP contribution is 2.47. The average molecular weight is 379 g/mol. The molecule has 1 saturated heterocycles. The summed E-state index contributed by atoms with van der Waals surface area (Å²) in [5.74, 6) is 2.21. The van der Waals surface area contributed by atoms with Crippen LogP contribution in [-0.4, -0.2) is 43.9 Å². The second-order valence-corrected chi connectivity index (χ2v) is 7.68. The Morgan fingerprint density at radius 1 is 0.893 bits per heavy atom. The number of fused-ring (bicyclic) bond motifs is 7. The third kappa shape index (κ3) is 2.39. The van der Waals surface area contributed by atoms with E-state index < -0.39 is 6.10 Å². The van der Waals surface area contributed by atoms with Crippen molar-refractivity contribution in [1.82, 2.24) is 4.90 Å². The predicted molar refractivity (Wildman–Crippen MR) is 110 cm³/mol. The van der Waals surface area contributed by atoms with Crippen molar-refractivity contribution in [3.8, 4) is 17.2 Å². The molecule has 3 aromatic carbocycles. The molecule has 28 heavy (non-hydrogen) atoms. The SMILES string of the molecule is COc1ccc2c3c(c4cc(OC)c(OC)cc4c2c1)CN1CCC[C@H]1[C@@H]3O. The van der Waals surface area contributed by atoms with Crippen LogP contribution >= 0.6 is 0 Å². The fourth-order valence-electron chi connectivity index (χ4n) is 5.08. The van der Waals surface area contributed by atoms with Crippen molar-refractivity contribution in [2.24, 2.45) is 0 Å². The lowest BCUT2D eigenvalue weighted by molar-refractivity contribution is 0.0552. The Bertz CT molecular complexity index is 1080. The summed E-state index contributed by atoms with van der Waals surface area (Å²) < 4.78 is 16.6. The molecular formula is C23H25NO4. The van der Waals surface area contributed by atoms with Gasteiger partial charge >= 0.3 is 0 Å². The molecule has 1 N–H and O–H groups in total. The van der Waals surface area contributed by atoms with Crippen LogP contribution in [0.3, 0.4) is 0 Å². The molecule has 0 amide bonds. The smallest absolute Gasteiger partial charge is 0.161 e. The standard InChI is InChI=1S/C23H25NO4/c1-26-13-6-7-14-15(9-13)16-10-20(27-2)21(28-3)11-17(16)18-12-24-8-4-5-19(24)23(25)22(14)18/h6-7,9-11,19,23,25H,4-5,8,12H2,1-3H3/t19-,23-/m0/s1. The molecule has 0 unspecified atom stereocenters. The van der Waals surface area contributed by atoms with Crippen molar-refractivity contribution >= 4 is 21.5 Å². The minimum atomic E-state index is -0.486. The van der Waals surface area contributed by atoms with Crippen LogP contribution in [-0.2, 0) is 6.54 Å². The van der Waals surface area contributed by atoms with Crippen LogP contribution in [0.4, 0.5) is 0 Å². The van der Waals surface area contributed by atoms with Crippen LogP contribution < -0.4 is 14.2 Å². The van der Waals surface area contributed by atoms with E-state index in [0.717, 1.165) is 58.8 Å². The van der Waals surface area contributed by atoms with Crippen molar-refractivity contribution in [3.05, 3.63) is 41.5 Å². The predicted octanol–water partition coefficient (Wildman–Crippen LogP) is 4.03. The quantitative estimate of drug-likeness (QED) is 0.697. The van der Waals surface area contributed by atoms with Crippen molar-refractivity contribution in [2.75, 3.05) is 27.9 Å². The van der Waals surface area contributed by atoms with Gasteiger partial charge in [0.05, 0.1) is 27.4 Å². The number of hydrogen-bond acceptors (Lipinski definition) is 5. The Morgan fingerprint density at radius 2 is 1.61 bits per heavy atom. The number of aliphatic hydroxyl groups is 1. The molecule has 0 radical (unpaired) electrons. The van der Waals surface area contributed by atoms with Crippen molar-refractivity contribution in [2.45, 2.75) is 31.5 Å². The van der Waals surface area contributed by atoms with E-state index >= 15 is 0 Å². The number of benzene rings is 3. The molecule has 0 spiro atoms. The molecule has 0 saturated carbocycles. The van der Waals surface area contributed by atoms with E-state index in [4.69, 9.17) is 14.2 Å². The van der Waals surface area contributed by atoms with Gasteiger partial charge in [-0.1, -0.05) is 6.07 Å². The Balaban J connectivity index is 1.91. The molecule has 5 heteroatoms. The maximum atomic E-state index is 11.3. The van der Waals surface area contributed by atoms with Gasteiger partial charge in [0.2, 0.25) is 0 Å². The first-order chi connectivity index (χ1) is 13.7. The van der Waals surface area contributed by atoms with Crippen molar-refractivity contribution in [3.63, 3.8) is 0 Å². The fraction of sp³-hybridized carbons (Fsp3) is 0.391. The van der Waals surface area contributed by atoms with Gasteiger partial charge in [0, 0.05) is 12.6 Å². The van der Waals surface area contributed by atoms with Gasteiger partial charge in [-0.15, -0.1) is 0 Å². The molecule has 0 aliphatic carbocycles. The molecule has 0 bridgehead atoms. The molecule has 3 aromatic rings. The molecule has 146 valence electrons. The Labute approximate surface area is 164 Å².